The van der Waals surface area contributed by atoms with E-state index in [2.05, 4.69) is 21.3 Å². The standard InChI is InChI=1S/C38H51N5O9S/c1-24(2)33(36(47)40-28(18-19-53(8,49)50)21-32(44)52-38(4,5)6)42-35(46)30(20-27-22-43(7)31-17-13-12-16-29(27)31)41-34(45)25(3)39-37(48)51-23-26-14-10-9-11-15-26/h9-19,22,24-25,28,30,33H,20-21,23H2,1-8H3,(H,39,48)(H,40,47)(H,41,45)(H,42,46)/b19-18+/t25-,28+,30-,33?/m0/s1. The first kappa shape index (κ1) is 42.2. The number of para-hydroxylation sites is 1. The third-order valence-electron chi connectivity index (χ3n) is 7.92. The molecule has 3 aromatic rings. The first-order valence-corrected chi connectivity index (χ1v) is 19.2. The van der Waals surface area contributed by atoms with Crippen molar-refractivity contribution in [2.45, 2.75) is 90.8 Å². The molecule has 14 nitrogen and oxygen atoms in total. The van der Waals surface area contributed by atoms with Crippen molar-refractivity contribution in [1.29, 1.82) is 0 Å². The van der Waals surface area contributed by atoms with Crippen molar-refractivity contribution in [3.05, 3.63) is 83.4 Å². The number of aromatic nitrogens is 1. The number of aryl methyl sites for hydroxylation is 1. The fourth-order valence-corrected chi connectivity index (χ4v) is 5.83. The molecule has 4 amide bonds. The number of rotatable bonds is 16. The van der Waals surface area contributed by atoms with Crippen LogP contribution in [0.4, 0.5) is 4.79 Å². The molecule has 0 aliphatic heterocycles. The van der Waals surface area contributed by atoms with E-state index in [1.165, 1.54) is 13.0 Å². The Morgan fingerprint density at radius 3 is 2.11 bits per heavy atom. The SMILES string of the molecule is CC(C)C(NC(=O)[C@H](Cc1cn(C)c2ccccc12)NC(=O)[C@H](C)NC(=O)OCc1ccccc1)C(=O)N[C@H](/C=C/S(C)(=O)=O)CC(=O)OC(C)(C)C. The Balaban J connectivity index is 1.83. The number of ether oxygens (including phenoxy) is 2. The molecule has 0 spiro atoms. The number of carbonyl (C=O) groups excluding carboxylic acids is 5. The van der Waals surface area contributed by atoms with E-state index in [0.29, 0.717) is 0 Å². The van der Waals surface area contributed by atoms with Crippen molar-refractivity contribution in [1.82, 2.24) is 25.8 Å². The van der Waals surface area contributed by atoms with Gasteiger partial charge in [-0.15, -0.1) is 0 Å². The van der Waals surface area contributed by atoms with Crippen LogP contribution < -0.4 is 21.3 Å². The second kappa shape index (κ2) is 18.5. The largest absolute Gasteiger partial charge is 0.460 e. The molecular weight excluding hydrogens is 703 g/mol. The third-order valence-corrected chi connectivity index (χ3v) is 8.57. The van der Waals surface area contributed by atoms with Crippen LogP contribution in [-0.2, 0) is 58.6 Å². The summed E-state index contributed by atoms with van der Waals surface area (Å²) < 4.78 is 36.3. The molecule has 3 rings (SSSR count). The van der Waals surface area contributed by atoms with Gasteiger partial charge in [-0.25, -0.2) is 13.2 Å². The van der Waals surface area contributed by atoms with Gasteiger partial charge in [-0.05, 0) is 50.8 Å². The molecule has 288 valence electrons. The van der Waals surface area contributed by atoms with Gasteiger partial charge in [0.25, 0.3) is 0 Å². The highest BCUT2D eigenvalue weighted by Crippen LogP contribution is 2.22. The number of hydrogen-bond acceptors (Lipinski definition) is 9. The summed E-state index contributed by atoms with van der Waals surface area (Å²) in [6, 6.07) is 12.0. The van der Waals surface area contributed by atoms with Crippen LogP contribution in [0.2, 0.25) is 0 Å². The average molecular weight is 754 g/mol. The minimum atomic E-state index is -3.61. The van der Waals surface area contributed by atoms with Gasteiger partial charge in [0.1, 0.15) is 30.3 Å². The predicted octanol–water partition coefficient (Wildman–Crippen LogP) is 3.44. The molecular formula is C38H51N5O9S. The summed E-state index contributed by atoms with van der Waals surface area (Å²) in [4.78, 5) is 66.3. The van der Waals surface area contributed by atoms with E-state index in [1.807, 2.05) is 48.1 Å². The van der Waals surface area contributed by atoms with Gasteiger partial charge in [0.05, 0.1) is 12.5 Å². The summed E-state index contributed by atoms with van der Waals surface area (Å²) in [5, 5.41) is 12.3. The Morgan fingerprint density at radius 1 is 0.849 bits per heavy atom. The highest BCUT2D eigenvalue weighted by atomic mass is 32.2. The van der Waals surface area contributed by atoms with Gasteiger partial charge in [0.2, 0.25) is 17.7 Å². The van der Waals surface area contributed by atoms with Crippen molar-refractivity contribution in [2.75, 3.05) is 6.26 Å². The smallest absolute Gasteiger partial charge is 0.408 e. The van der Waals surface area contributed by atoms with Crippen molar-refractivity contribution in [2.24, 2.45) is 13.0 Å². The lowest BCUT2D eigenvalue weighted by Gasteiger charge is -2.27. The quantitative estimate of drug-likeness (QED) is 0.159. The number of sulfone groups is 1. The summed E-state index contributed by atoms with van der Waals surface area (Å²) in [5.74, 6) is -3.19. The third kappa shape index (κ3) is 14.0. The minimum Gasteiger partial charge on any atom is -0.460 e. The number of nitrogens with zero attached hydrogens (tertiary/aromatic N) is 1. The molecule has 0 bridgehead atoms. The molecule has 15 heteroatoms. The van der Waals surface area contributed by atoms with E-state index in [9.17, 15) is 32.4 Å². The summed E-state index contributed by atoms with van der Waals surface area (Å²) in [5.41, 5.74) is 1.60. The summed E-state index contributed by atoms with van der Waals surface area (Å²) in [7, 11) is -1.75. The lowest BCUT2D eigenvalue weighted by Crippen LogP contribution is -2.58. The van der Waals surface area contributed by atoms with E-state index in [-0.39, 0.29) is 19.4 Å². The number of amides is 4. The minimum absolute atomic E-state index is 0.00550. The van der Waals surface area contributed by atoms with Gasteiger partial charge in [-0.3, -0.25) is 19.2 Å². The second-order valence-corrected chi connectivity index (χ2v) is 16.2. The summed E-state index contributed by atoms with van der Waals surface area (Å²) >= 11 is 0. The zero-order valence-corrected chi connectivity index (χ0v) is 32.3. The van der Waals surface area contributed by atoms with Gasteiger partial charge >= 0.3 is 12.1 Å². The maximum absolute atomic E-state index is 14.0. The Morgan fingerprint density at radius 2 is 1.49 bits per heavy atom. The Labute approximate surface area is 311 Å². The fraction of sp³-hybridized carbons (Fsp3) is 0.447. The van der Waals surface area contributed by atoms with Gasteiger partial charge in [-0.2, -0.15) is 0 Å². The van der Waals surface area contributed by atoms with Crippen LogP contribution in [0.25, 0.3) is 10.9 Å². The number of hydrogen-bond donors (Lipinski definition) is 4. The molecule has 0 radical (unpaired) electrons. The van der Waals surface area contributed by atoms with Crippen molar-refractivity contribution in [3.63, 3.8) is 0 Å². The predicted molar refractivity (Wildman–Crippen MR) is 201 cm³/mol. The van der Waals surface area contributed by atoms with Crippen LogP contribution in [-0.4, -0.2) is 78.8 Å². The maximum Gasteiger partial charge on any atom is 0.408 e. The van der Waals surface area contributed by atoms with E-state index in [0.717, 1.165) is 33.7 Å². The van der Waals surface area contributed by atoms with E-state index < -0.39 is 75.3 Å². The van der Waals surface area contributed by atoms with Gasteiger partial charge in [-0.1, -0.05) is 68.5 Å². The van der Waals surface area contributed by atoms with Crippen LogP contribution in [0.15, 0.2) is 72.3 Å². The first-order chi connectivity index (χ1) is 24.7. The molecule has 0 fully saturated rings. The molecule has 0 aliphatic rings. The number of nitrogens with one attached hydrogen (secondary N) is 4. The maximum atomic E-state index is 14.0. The monoisotopic (exact) mass is 753 g/mol. The average Bonchev–Trinajstić information content (AvgIpc) is 3.38. The zero-order valence-electron chi connectivity index (χ0n) is 31.5. The normalized spacial score (nSPS) is 14.2. The van der Waals surface area contributed by atoms with E-state index in [4.69, 9.17) is 9.47 Å². The van der Waals surface area contributed by atoms with Crippen LogP contribution in [0.1, 0.15) is 59.1 Å². The molecule has 4 N–H and O–H groups in total. The van der Waals surface area contributed by atoms with Crippen LogP contribution in [0, 0.1) is 5.92 Å². The van der Waals surface area contributed by atoms with E-state index in [1.54, 1.807) is 58.9 Å². The molecule has 1 aromatic heterocycles. The molecule has 2 aromatic carbocycles. The molecule has 0 aliphatic carbocycles. The molecule has 1 unspecified atom stereocenters. The number of alkyl carbamates (subject to hydrolysis) is 1. The number of fused-ring (bicyclic) bond motifs is 1. The first-order valence-electron chi connectivity index (χ1n) is 17.2. The zero-order chi connectivity index (χ0) is 39.5. The molecule has 0 saturated carbocycles. The lowest BCUT2D eigenvalue weighted by molar-refractivity contribution is -0.155. The summed E-state index contributed by atoms with van der Waals surface area (Å²) in [6.07, 6.45) is 2.85. The van der Waals surface area contributed by atoms with Crippen molar-refractivity contribution in [3.8, 4) is 0 Å². The Bertz CT molecular complexity index is 1900. The van der Waals surface area contributed by atoms with Crippen LogP contribution >= 0.6 is 0 Å². The van der Waals surface area contributed by atoms with Gasteiger partial charge in [0.15, 0.2) is 9.84 Å². The second-order valence-electron chi connectivity index (χ2n) is 14.3. The fourth-order valence-electron chi connectivity index (χ4n) is 5.35. The van der Waals surface area contributed by atoms with Crippen LogP contribution in [0.5, 0.6) is 0 Å². The number of benzene rings is 2. The van der Waals surface area contributed by atoms with Crippen LogP contribution in [0.3, 0.4) is 0 Å². The van der Waals surface area contributed by atoms with Gasteiger partial charge in [0, 0.05) is 42.2 Å². The van der Waals surface area contributed by atoms with Gasteiger partial charge < -0.3 is 35.3 Å². The molecule has 53 heavy (non-hydrogen) atoms. The Kier molecular flexibility index (Phi) is 14.8. The summed E-state index contributed by atoms with van der Waals surface area (Å²) in [6.45, 7) is 9.88. The molecule has 0 saturated heterocycles. The van der Waals surface area contributed by atoms with E-state index >= 15 is 0 Å². The Hall–Kier alpha value is -5.18. The highest BCUT2D eigenvalue weighted by molar-refractivity contribution is 7.93. The topological polar surface area (TPSA) is 191 Å². The number of carbonyl (C=O) groups is 5. The lowest BCUT2D eigenvalue weighted by atomic mass is 10.00. The number of esters is 1. The highest BCUT2D eigenvalue weighted by Gasteiger charge is 2.32. The molecule has 1 heterocycles. The van der Waals surface area contributed by atoms with Crippen molar-refractivity contribution < 1.29 is 41.9 Å². The van der Waals surface area contributed by atoms with Crippen molar-refractivity contribution >= 4 is 50.5 Å². The molecule has 4 atom stereocenters.